The van der Waals surface area contributed by atoms with Crippen molar-refractivity contribution >= 4 is 5.71 Å². The first-order chi connectivity index (χ1) is 4.22. The summed E-state index contributed by atoms with van der Waals surface area (Å²) < 4.78 is 4.91. The maximum Gasteiger partial charge on any atom is 0.0916 e. The molecule has 0 amide bonds. The van der Waals surface area contributed by atoms with Crippen molar-refractivity contribution in [3.05, 3.63) is 6.92 Å². The molecule has 0 spiro atoms. The third-order valence-electron chi connectivity index (χ3n) is 1.29. The van der Waals surface area contributed by atoms with Crippen LogP contribution in [0, 0.1) is 12.3 Å². The van der Waals surface area contributed by atoms with Gasteiger partial charge in [0.2, 0.25) is 0 Å². The highest BCUT2D eigenvalue weighted by Crippen LogP contribution is 1.97. The van der Waals surface area contributed by atoms with Gasteiger partial charge < -0.3 is 10.1 Å². The van der Waals surface area contributed by atoms with Gasteiger partial charge in [0.25, 0.3) is 0 Å². The zero-order valence-electron chi connectivity index (χ0n) is 6.11. The highest BCUT2D eigenvalue weighted by Gasteiger charge is 2.04. The van der Waals surface area contributed by atoms with Crippen LogP contribution in [0.4, 0.5) is 0 Å². The Kier molecular flexibility index (Phi) is 4.32. The summed E-state index contributed by atoms with van der Waals surface area (Å²) in [5, 5.41) is 7.33. The standard InChI is InChI=1S/C7H14NO/c1-4-5-7(8)6(2)9-3/h6,8H,1,4-5H2,2-3H3. The van der Waals surface area contributed by atoms with Crippen molar-refractivity contribution < 1.29 is 4.74 Å². The summed E-state index contributed by atoms with van der Waals surface area (Å²) in [6.07, 6.45) is 1.49. The van der Waals surface area contributed by atoms with Crippen molar-refractivity contribution in [2.24, 2.45) is 0 Å². The average Bonchev–Trinajstić information content (AvgIpc) is 1.87. The zero-order chi connectivity index (χ0) is 7.28. The molecule has 1 unspecified atom stereocenters. The molecular weight excluding hydrogens is 114 g/mol. The van der Waals surface area contributed by atoms with E-state index in [9.17, 15) is 0 Å². The van der Waals surface area contributed by atoms with Crippen LogP contribution in [0.2, 0.25) is 0 Å². The third kappa shape index (κ3) is 3.25. The normalized spacial score (nSPS) is 13.2. The highest BCUT2D eigenvalue weighted by atomic mass is 16.5. The second kappa shape index (κ2) is 4.50. The molecule has 0 bridgehead atoms. The minimum Gasteiger partial charge on any atom is -0.376 e. The number of methoxy groups -OCH3 is 1. The molecule has 0 aliphatic heterocycles. The van der Waals surface area contributed by atoms with Gasteiger partial charge in [-0.15, -0.1) is 0 Å². The van der Waals surface area contributed by atoms with Crippen LogP contribution in [0.15, 0.2) is 0 Å². The summed E-state index contributed by atoms with van der Waals surface area (Å²) in [6.45, 7) is 5.52. The van der Waals surface area contributed by atoms with Gasteiger partial charge in [-0.05, 0) is 19.8 Å². The van der Waals surface area contributed by atoms with Crippen LogP contribution in [0.3, 0.4) is 0 Å². The smallest absolute Gasteiger partial charge is 0.0916 e. The first-order valence-corrected chi connectivity index (χ1v) is 3.11. The fraction of sp³-hybridized carbons (Fsp3) is 0.714. The van der Waals surface area contributed by atoms with Crippen LogP contribution < -0.4 is 0 Å². The first-order valence-electron chi connectivity index (χ1n) is 3.11. The van der Waals surface area contributed by atoms with Crippen molar-refractivity contribution in [1.29, 1.82) is 5.41 Å². The quantitative estimate of drug-likeness (QED) is 0.574. The summed E-state index contributed by atoms with van der Waals surface area (Å²) in [7, 11) is 1.61. The van der Waals surface area contributed by atoms with Gasteiger partial charge in [-0.2, -0.15) is 0 Å². The van der Waals surface area contributed by atoms with E-state index in [0.29, 0.717) is 5.71 Å². The molecule has 2 nitrogen and oxygen atoms in total. The maximum atomic E-state index is 7.33. The first kappa shape index (κ1) is 8.63. The Bertz CT molecular complexity index is 90.9. The summed E-state index contributed by atoms with van der Waals surface area (Å²) in [6, 6.07) is 0. The molecule has 0 aromatic rings. The van der Waals surface area contributed by atoms with Crippen LogP contribution in [-0.4, -0.2) is 18.9 Å². The molecule has 0 aliphatic rings. The van der Waals surface area contributed by atoms with E-state index in [1.54, 1.807) is 7.11 Å². The van der Waals surface area contributed by atoms with Crippen LogP contribution >= 0.6 is 0 Å². The summed E-state index contributed by atoms with van der Waals surface area (Å²) in [4.78, 5) is 0. The van der Waals surface area contributed by atoms with E-state index in [1.165, 1.54) is 0 Å². The molecule has 2 heteroatoms. The molecule has 0 fully saturated rings. The Hall–Kier alpha value is -0.370. The lowest BCUT2D eigenvalue weighted by molar-refractivity contribution is 0.168. The number of nitrogens with one attached hydrogen (secondary N) is 1. The SMILES string of the molecule is [CH2]CCC(=N)C(C)OC. The van der Waals surface area contributed by atoms with E-state index in [-0.39, 0.29) is 6.10 Å². The Balaban J connectivity index is 3.46. The van der Waals surface area contributed by atoms with E-state index in [4.69, 9.17) is 10.1 Å². The molecule has 0 aliphatic carbocycles. The van der Waals surface area contributed by atoms with Gasteiger partial charge in [-0.25, -0.2) is 0 Å². The fourth-order valence-electron chi connectivity index (χ4n) is 0.536. The second-order valence-corrected chi connectivity index (χ2v) is 2.01. The Morgan fingerprint density at radius 2 is 2.33 bits per heavy atom. The van der Waals surface area contributed by atoms with Gasteiger partial charge in [0.05, 0.1) is 6.10 Å². The van der Waals surface area contributed by atoms with Crippen molar-refractivity contribution in [3.8, 4) is 0 Å². The van der Waals surface area contributed by atoms with Crippen molar-refractivity contribution in [2.75, 3.05) is 7.11 Å². The summed E-state index contributed by atoms with van der Waals surface area (Å²) >= 11 is 0. The van der Waals surface area contributed by atoms with Crippen molar-refractivity contribution in [3.63, 3.8) is 0 Å². The van der Waals surface area contributed by atoms with Crippen LogP contribution in [0.1, 0.15) is 19.8 Å². The number of ether oxygens (including phenoxy) is 1. The Morgan fingerprint density at radius 1 is 1.78 bits per heavy atom. The van der Waals surface area contributed by atoms with Gasteiger partial charge in [-0.3, -0.25) is 0 Å². The number of hydrogen-bond donors (Lipinski definition) is 1. The predicted octanol–water partition coefficient (Wildman–Crippen LogP) is 1.66. The Labute approximate surface area is 56.7 Å². The molecule has 9 heavy (non-hydrogen) atoms. The molecule has 0 heterocycles. The minimum atomic E-state index is -0.0354. The van der Waals surface area contributed by atoms with Crippen LogP contribution in [0.5, 0.6) is 0 Å². The average molecular weight is 128 g/mol. The van der Waals surface area contributed by atoms with Crippen molar-refractivity contribution in [1.82, 2.24) is 0 Å². The lowest BCUT2D eigenvalue weighted by Crippen LogP contribution is -2.17. The zero-order valence-corrected chi connectivity index (χ0v) is 6.11. The molecule has 0 rings (SSSR count). The lowest BCUT2D eigenvalue weighted by atomic mass is 10.1. The molecular formula is C7H14NO. The molecule has 0 saturated heterocycles. The van der Waals surface area contributed by atoms with E-state index < -0.39 is 0 Å². The minimum absolute atomic E-state index is 0.0354. The van der Waals surface area contributed by atoms with Gasteiger partial charge in [0.15, 0.2) is 0 Å². The Morgan fingerprint density at radius 3 is 2.67 bits per heavy atom. The van der Waals surface area contributed by atoms with Crippen LogP contribution in [-0.2, 0) is 4.74 Å². The van der Waals surface area contributed by atoms with Gasteiger partial charge in [-0.1, -0.05) is 6.92 Å². The monoisotopic (exact) mass is 128 g/mol. The molecule has 0 saturated carbocycles. The third-order valence-corrected chi connectivity index (χ3v) is 1.29. The molecule has 1 radical (unpaired) electrons. The summed E-state index contributed by atoms with van der Waals surface area (Å²) in [5.41, 5.74) is 0.632. The number of rotatable bonds is 4. The fourth-order valence-corrected chi connectivity index (χ4v) is 0.536. The van der Waals surface area contributed by atoms with E-state index in [0.717, 1.165) is 12.8 Å². The van der Waals surface area contributed by atoms with Crippen molar-refractivity contribution in [2.45, 2.75) is 25.9 Å². The molecule has 0 aromatic heterocycles. The summed E-state index contributed by atoms with van der Waals surface area (Å²) in [5.74, 6) is 0. The second-order valence-electron chi connectivity index (χ2n) is 2.01. The van der Waals surface area contributed by atoms with Gasteiger partial charge in [0.1, 0.15) is 0 Å². The van der Waals surface area contributed by atoms with Crippen LogP contribution in [0.25, 0.3) is 0 Å². The van der Waals surface area contributed by atoms with Gasteiger partial charge in [0, 0.05) is 12.8 Å². The van der Waals surface area contributed by atoms with E-state index >= 15 is 0 Å². The van der Waals surface area contributed by atoms with E-state index in [2.05, 4.69) is 6.92 Å². The highest BCUT2D eigenvalue weighted by molar-refractivity contribution is 5.85. The lowest BCUT2D eigenvalue weighted by Gasteiger charge is -2.08. The molecule has 0 aromatic carbocycles. The topological polar surface area (TPSA) is 33.1 Å². The largest absolute Gasteiger partial charge is 0.376 e. The number of hydrogen-bond acceptors (Lipinski definition) is 2. The molecule has 1 N–H and O–H groups in total. The van der Waals surface area contributed by atoms with Gasteiger partial charge >= 0.3 is 0 Å². The molecule has 53 valence electrons. The predicted molar refractivity (Wildman–Crippen MR) is 38.8 cm³/mol. The molecule has 1 atom stereocenters. The maximum absolute atomic E-state index is 7.33. The van der Waals surface area contributed by atoms with E-state index in [1.807, 2.05) is 6.92 Å².